The molecule has 0 saturated carbocycles. The molecule has 2 amide bonds. The second-order valence-electron chi connectivity index (χ2n) is 2.74. The monoisotopic (exact) mass is 212 g/mol. The number of rotatable bonds is 2. The van der Waals surface area contributed by atoms with Crippen LogP contribution >= 0.6 is 11.6 Å². The van der Waals surface area contributed by atoms with Gasteiger partial charge in [-0.1, -0.05) is 11.6 Å². The Morgan fingerprint density at radius 1 is 1.43 bits per heavy atom. The van der Waals surface area contributed by atoms with Crippen molar-refractivity contribution in [3.05, 3.63) is 28.8 Å². The van der Waals surface area contributed by atoms with Crippen LogP contribution in [0.2, 0.25) is 5.02 Å². The third-order valence-electron chi connectivity index (χ3n) is 1.56. The van der Waals surface area contributed by atoms with E-state index in [-0.39, 0.29) is 5.91 Å². The van der Waals surface area contributed by atoms with Crippen LogP contribution in [0.25, 0.3) is 0 Å². The molecule has 1 aromatic rings. The van der Waals surface area contributed by atoms with E-state index < -0.39 is 5.91 Å². The summed E-state index contributed by atoms with van der Waals surface area (Å²) in [5.74, 6) is -0.818. The molecule has 0 saturated heterocycles. The molecule has 0 unspecified atom stereocenters. The maximum Gasteiger partial charge on any atom is 0.248 e. The molecule has 14 heavy (non-hydrogen) atoms. The van der Waals surface area contributed by atoms with Crippen LogP contribution in [0, 0.1) is 0 Å². The van der Waals surface area contributed by atoms with Crippen LogP contribution in [0.4, 0.5) is 5.69 Å². The minimum atomic E-state index is -0.562. The molecule has 3 N–H and O–H groups in total. The molecule has 5 heteroatoms. The molecule has 0 aliphatic rings. The Morgan fingerprint density at radius 3 is 2.57 bits per heavy atom. The lowest BCUT2D eigenvalue weighted by molar-refractivity contribution is -0.114. The van der Waals surface area contributed by atoms with Crippen molar-refractivity contribution >= 4 is 29.1 Å². The Balaban J connectivity index is 3.08. The first-order valence-corrected chi connectivity index (χ1v) is 4.25. The first-order chi connectivity index (χ1) is 6.50. The summed E-state index contributed by atoms with van der Waals surface area (Å²) in [7, 11) is 0. The minimum absolute atomic E-state index is 0.256. The Kier molecular flexibility index (Phi) is 3.09. The lowest BCUT2D eigenvalue weighted by atomic mass is 10.2. The molecule has 0 spiro atoms. The summed E-state index contributed by atoms with van der Waals surface area (Å²) in [6, 6.07) is 4.44. The van der Waals surface area contributed by atoms with Crippen LogP contribution < -0.4 is 11.1 Å². The standard InChI is InChI=1S/C9H9ClN2O2/c1-5(13)12-8-4-6(9(11)14)2-3-7(8)10/h2-4H,1H3,(H2,11,14)(H,12,13). The SMILES string of the molecule is CC(=O)Nc1cc(C(N)=O)ccc1Cl. The van der Waals surface area contributed by atoms with Gasteiger partial charge in [0.25, 0.3) is 0 Å². The molecular formula is C9H9ClN2O2. The molecule has 0 radical (unpaired) electrons. The van der Waals surface area contributed by atoms with Gasteiger partial charge in [0.2, 0.25) is 11.8 Å². The number of primary amides is 1. The average Bonchev–Trinajstić information content (AvgIpc) is 2.07. The number of anilines is 1. The van der Waals surface area contributed by atoms with E-state index in [1.54, 1.807) is 0 Å². The fourth-order valence-electron chi connectivity index (χ4n) is 0.964. The van der Waals surface area contributed by atoms with Crippen molar-refractivity contribution in [3.63, 3.8) is 0 Å². The molecule has 0 bridgehead atoms. The van der Waals surface area contributed by atoms with Gasteiger partial charge in [-0.15, -0.1) is 0 Å². The minimum Gasteiger partial charge on any atom is -0.366 e. The van der Waals surface area contributed by atoms with Crippen molar-refractivity contribution in [3.8, 4) is 0 Å². The molecule has 74 valence electrons. The van der Waals surface area contributed by atoms with Crippen LogP contribution in [-0.4, -0.2) is 11.8 Å². The zero-order valence-electron chi connectivity index (χ0n) is 7.50. The van der Waals surface area contributed by atoms with Crippen LogP contribution in [0.5, 0.6) is 0 Å². The molecule has 0 aliphatic carbocycles. The molecule has 0 fully saturated rings. The number of benzene rings is 1. The second-order valence-corrected chi connectivity index (χ2v) is 3.15. The van der Waals surface area contributed by atoms with Gasteiger partial charge in [-0.3, -0.25) is 9.59 Å². The van der Waals surface area contributed by atoms with Crippen LogP contribution in [-0.2, 0) is 4.79 Å². The van der Waals surface area contributed by atoms with Gasteiger partial charge in [-0.2, -0.15) is 0 Å². The van der Waals surface area contributed by atoms with Crippen LogP contribution in [0.15, 0.2) is 18.2 Å². The predicted octanol–water partition coefficient (Wildman–Crippen LogP) is 1.40. The van der Waals surface area contributed by atoms with Gasteiger partial charge in [-0.05, 0) is 18.2 Å². The third kappa shape index (κ3) is 2.47. The Bertz CT molecular complexity index is 390. The molecule has 0 aliphatic heterocycles. The molecule has 0 atom stereocenters. The quantitative estimate of drug-likeness (QED) is 0.778. The predicted molar refractivity (Wildman–Crippen MR) is 54.3 cm³/mol. The average molecular weight is 213 g/mol. The van der Waals surface area contributed by atoms with Crippen molar-refractivity contribution in [1.82, 2.24) is 0 Å². The number of halogens is 1. The van der Waals surface area contributed by atoms with E-state index in [9.17, 15) is 9.59 Å². The number of carbonyl (C=O) groups excluding carboxylic acids is 2. The fourth-order valence-corrected chi connectivity index (χ4v) is 1.13. The van der Waals surface area contributed by atoms with E-state index in [0.29, 0.717) is 16.3 Å². The van der Waals surface area contributed by atoms with Gasteiger partial charge in [-0.25, -0.2) is 0 Å². The van der Waals surface area contributed by atoms with Crippen molar-refractivity contribution in [2.75, 3.05) is 5.32 Å². The van der Waals surface area contributed by atoms with Gasteiger partial charge in [0.05, 0.1) is 10.7 Å². The number of nitrogens with two attached hydrogens (primary N) is 1. The van der Waals surface area contributed by atoms with Gasteiger partial charge in [0, 0.05) is 12.5 Å². The number of hydrogen-bond acceptors (Lipinski definition) is 2. The van der Waals surface area contributed by atoms with E-state index in [0.717, 1.165) is 0 Å². The van der Waals surface area contributed by atoms with E-state index in [4.69, 9.17) is 17.3 Å². The summed E-state index contributed by atoms with van der Waals surface area (Å²) in [5.41, 5.74) is 5.76. The first-order valence-electron chi connectivity index (χ1n) is 3.87. The highest BCUT2D eigenvalue weighted by atomic mass is 35.5. The molecule has 1 aromatic carbocycles. The summed E-state index contributed by atoms with van der Waals surface area (Å²) in [4.78, 5) is 21.6. The topological polar surface area (TPSA) is 72.2 Å². The highest BCUT2D eigenvalue weighted by Crippen LogP contribution is 2.22. The summed E-state index contributed by atoms with van der Waals surface area (Å²) in [5, 5.41) is 2.86. The van der Waals surface area contributed by atoms with E-state index >= 15 is 0 Å². The molecule has 1 rings (SSSR count). The van der Waals surface area contributed by atoms with Gasteiger partial charge in [0.15, 0.2) is 0 Å². The zero-order valence-corrected chi connectivity index (χ0v) is 8.26. The molecular weight excluding hydrogens is 204 g/mol. The highest BCUT2D eigenvalue weighted by Gasteiger charge is 2.06. The molecule has 0 heterocycles. The van der Waals surface area contributed by atoms with Crippen molar-refractivity contribution in [2.24, 2.45) is 5.73 Å². The van der Waals surface area contributed by atoms with Gasteiger partial charge >= 0.3 is 0 Å². The summed E-state index contributed by atoms with van der Waals surface area (Å²) < 4.78 is 0. The maximum atomic E-state index is 10.8. The second kappa shape index (κ2) is 4.11. The number of amides is 2. The Hall–Kier alpha value is -1.55. The largest absolute Gasteiger partial charge is 0.366 e. The lowest BCUT2D eigenvalue weighted by Crippen LogP contribution is -2.12. The number of carbonyl (C=O) groups is 2. The van der Waals surface area contributed by atoms with Crippen molar-refractivity contribution < 1.29 is 9.59 Å². The fraction of sp³-hybridized carbons (Fsp3) is 0.111. The number of hydrogen-bond donors (Lipinski definition) is 2. The molecule has 4 nitrogen and oxygen atoms in total. The van der Waals surface area contributed by atoms with Crippen LogP contribution in [0.3, 0.4) is 0 Å². The smallest absolute Gasteiger partial charge is 0.248 e. The highest BCUT2D eigenvalue weighted by molar-refractivity contribution is 6.33. The van der Waals surface area contributed by atoms with Gasteiger partial charge in [0.1, 0.15) is 0 Å². The third-order valence-corrected chi connectivity index (χ3v) is 1.89. The summed E-state index contributed by atoms with van der Waals surface area (Å²) in [6.45, 7) is 1.35. The normalized spacial score (nSPS) is 9.57. The number of nitrogens with one attached hydrogen (secondary N) is 1. The van der Waals surface area contributed by atoms with Gasteiger partial charge < -0.3 is 11.1 Å². The van der Waals surface area contributed by atoms with Crippen LogP contribution in [0.1, 0.15) is 17.3 Å². The first kappa shape index (κ1) is 10.5. The van der Waals surface area contributed by atoms with E-state index in [1.807, 2.05) is 0 Å². The van der Waals surface area contributed by atoms with Crippen molar-refractivity contribution in [1.29, 1.82) is 0 Å². The zero-order chi connectivity index (χ0) is 10.7. The Morgan fingerprint density at radius 2 is 2.07 bits per heavy atom. The Labute approximate surface area is 86.0 Å². The summed E-state index contributed by atoms with van der Waals surface area (Å²) >= 11 is 5.78. The van der Waals surface area contributed by atoms with Crippen molar-refractivity contribution in [2.45, 2.75) is 6.92 Å². The summed E-state index contributed by atoms with van der Waals surface area (Å²) in [6.07, 6.45) is 0. The van der Waals surface area contributed by atoms with E-state index in [1.165, 1.54) is 25.1 Å². The lowest BCUT2D eigenvalue weighted by Gasteiger charge is -2.05. The maximum absolute atomic E-state index is 10.8. The molecule has 0 aromatic heterocycles. The van der Waals surface area contributed by atoms with E-state index in [2.05, 4.69) is 5.32 Å².